The highest BCUT2D eigenvalue weighted by Gasteiger charge is 2.46. The van der Waals surface area contributed by atoms with Crippen molar-refractivity contribution in [3.8, 4) is 22.3 Å². The molecule has 13 aromatic rings. The summed E-state index contributed by atoms with van der Waals surface area (Å²) in [6, 6.07) is 110. The van der Waals surface area contributed by atoms with Gasteiger partial charge in [0.05, 0.1) is 10.8 Å². The van der Waals surface area contributed by atoms with Crippen LogP contribution in [-0.2, 0) is 49.4 Å². The number of benzene rings is 13. The first kappa shape index (κ1) is 48.7. The first-order chi connectivity index (χ1) is 41.6. The zero-order valence-electron chi connectivity index (χ0n) is 46.8. The van der Waals surface area contributed by atoms with Crippen molar-refractivity contribution in [2.45, 2.75) is 49.4 Å². The van der Waals surface area contributed by atoms with E-state index in [1.54, 1.807) is 0 Å². The van der Waals surface area contributed by atoms with Gasteiger partial charge in [-0.25, -0.2) is 0 Å². The van der Waals surface area contributed by atoms with Crippen LogP contribution in [0.5, 0.6) is 0 Å². The maximum absolute atomic E-state index is 2.52. The van der Waals surface area contributed by atoms with Gasteiger partial charge >= 0.3 is 0 Å². The number of fused-ring (bicyclic) bond motifs is 11. The number of hydrogen-bond acceptors (Lipinski definition) is 2. The van der Waals surface area contributed by atoms with Gasteiger partial charge in [0.15, 0.2) is 0 Å². The van der Waals surface area contributed by atoms with E-state index in [1.165, 1.54) is 123 Å². The Kier molecular flexibility index (Phi) is 11.2. The van der Waals surface area contributed by atoms with Gasteiger partial charge in [-0.3, -0.25) is 0 Å². The Morgan fingerprint density at radius 1 is 0.250 bits per heavy atom. The van der Waals surface area contributed by atoms with Crippen LogP contribution < -0.4 is 9.80 Å². The van der Waals surface area contributed by atoms with E-state index in [4.69, 9.17) is 0 Å². The maximum Gasteiger partial charge on any atom is 0.0503 e. The molecule has 0 bridgehead atoms. The van der Waals surface area contributed by atoms with E-state index in [1.807, 2.05) is 0 Å². The third-order valence-corrected chi connectivity index (χ3v) is 19.5. The lowest BCUT2D eigenvalue weighted by atomic mass is 9.67. The Morgan fingerprint density at radius 2 is 0.571 bits per heavy atom. The predicted octanol–water partition coefficient (Wildman–Crippen LogP) is 20.2. The molecule has 4 aliphatic rings. The van der Waals surface area contributed by atoms with Crippen molar-refractivity contribution in [2.24, 2.45) is 0 Å². The highest BCUT2D eigenvalue weighted by Crippen LogP contribution is 2.57. The van der Waals surface area contributed by atoms with E-state index in [9.17, 15) is 0 Å². The number of hydrogen-bond donors (Lipinski definition) is 0. The normalized spacial score (nSPS) is 14.3. The van der Waals surface area contributed by atoms with Gasteiger partial charge in [0.2, 0.25) is 0 Å². The van der Waals surface area contributed by atoms with Crippen molar-refractivity contribution in [1.82, 2.24) is 0 Å². The summed E-state index contributed by atoms with van der Waals surface area (Å²) < 4.78 is 0. The van der Waals surface area contributed by atoms with Crippen LogP contribution in [0.3, 0.4) is 0 Å². The largest absolute Gasteiger partial charge is 0.310 e. The second kappa shape index (κ2) is 19.3. The zero-order valence-corrected chi connectivity index (χ0v) is 46.8. The second-order valence-electron chi connectivity index (χ2n) is 23.9. The third-order valence-electron chi connectivity index (χ3n) is 19.5. The fraction of sp³-hybridized carbons (Fsp3) is 0.0976. The average Bonchev–Trinajstić information content (AvgIpc) is 1.76. The van der Waals surface area contributed by atoms with Crippen LogP contribution in [0.4, 0.5) is 34.1 Å². The summed E-state index contributed by atoms with van der Waals surface area (Å²) in [4.78, 5) is 4.81. The van der Waals surface area contributed by atoms with Crippen LogP contribution in [0.1, 0.15) is 66.8 Å². The molecule has 0 heterocycles. The maximum atomic E-state index is 2.52. The SMILES string of the molecule is c1ccc(N(c2ccc(CC3(c4ccc5c(c4)CC5)c4ccccc4-c4ccccc43)cc2)c2ccc3c(ccc4cc(N(c5ccccc5)c5ccc(CC6(c7ccc8c(c7)CC8)c7ccccc7-c7ccccc76)cc5)ccc43)c2)cc1. The van der Waals surface area contributed by atoms with Gasteiger partial charge in [0.1, 0.15) is 0 Å². The van der Waals surface area contributed by atoms with Crippen molar-refractivity contribution < 1.29 is 0 Å². The summed E-state index contributed by atoms with van der Waals surface area (Å²) in [6.07, 6.45) is 6.42. The second-order valence-corrected chi connectivity index (χ2v) is 23.9. The molecule has 2 heteroatoms. The Morgan fingerprint density at radius 3 is 0.917 bits per heavy atom. The molecule has 0 unspecified atom stereocenters. The lowest BCUT2D eigenvalue weighted by molar-refractivity contribution is 0.625. The molecular formula is C82H60N2. The standard InChI is InChI=1S/C82H60N2/c1-3-15-65(16-4-1)83(67-41-27-55(28-42-67)53-81(63-39-37-57-31-33-59(57)49-63)77-23-11-7-19-73(77)74-20-8-12-24-78(74)81)69-45-47-71-61(51-69)35-36-62-52-70(46-48-72(62)71)84(66-17-5-2-6-18-66)68-43-29-56(30-44-68)54-82(64-40-38-58-32-34-60(58)50-64)79-25-13-9-21-75(79)76-22-10-14-26-80(76)82/h1-30,35-52H,31-34,53-54H2. The van der Waals surface area contributed by atoms with E-state index >= 15 is 0 Å². The summed E-state index contributed by atoms with van der Waals surface area (Å²) >= 11 is 0. The summed E-state index contributed by atoms with van der Waals surface area (Å²) in [5.41, 5.74) is 28.6. The fourth-order valence-corrected chi connectivity index (χ4v) is 15.3. The van der Waals surface area contributed by atoms with Crippen molar-refractivity contribution in [2.75, 3.05) is 9.80 Å². The minimum absolute atomic E-state index is 0.295. The molecule has 0 amide bonds. The minimum Gasteiger partial charge on any atom is -0.310 e. The Labute approximate surface area is 492 Å². The number of aryl methyl sites for hydroxylation is 4. The molecule has 13 aromatic carbocycles. The topological polar surface area (TPSA) is 6.48 Å². The van der Waals surface area contributed by atoms with Gasteiger partial charge in [-0.05, 0) is 222 Å². The molecule has 0 fully saturated rings. The van der Waals surface area contributed by atoms with Crippen molar-refractivity contribution in [3.63, 3.8) is 0 Å². The quantitative estimate of drug-likeness (QED) is 0.113. The first-order valence-corrected chi connectivity index (χ1v) is 30.1. The molecule has 0 aliphatic heterocycles. The van der Waals surface area contributed by atoms with E-state index in [0.717, 1.165) is 59.8 Å². The van der Waals surface area contributed by atoms with E-state index < -0.39 is 0 Å². The van der Waals surface area contributed by atoms with Crippen LogP contribution in [-0.4, -0.2) is 0 Å². The smallest absolute Gasteiger partial charge is 0.0503 e. The van der Waals surface area contributed by atoms with Crippen LogP contribution in [0, 0.1) is 0 Å². The molecule has 0 aromatic heterocycles. The minimum atomic E-state index is -0.295. The molecule has 2 nitrogen and oxygen atoms in total. The molecule has 84 heavy (non-hydrogen) atoms. The molecule has 4 aliphatic carbocycles. The Balaban J connectivity index is 0.701. The van der Waals surface area contributed by atoms with Crippen LogP contribution in [0.15, 0.2) is 291 Å². The lowest BCUT2D eigenvalue weighted by Crippen LogP contribution is -2.30. The van der Waals surface area contributed by atoms with Gasteiger partial charge < -0.3 is 9.80 Å². The van der Waals surface area contributed by atoms with Crippen molar-refractivity contribution in [3.05, 3.63) is 358 Å². The number of para-hydroxylation sites is 2. The van der Waals surface area contributed by atoms with E-state index in [0.29, 0.717) is 0 Å². The van der Waals surface area contributed by atoms with Gasteiger partial charge in [-0.2, -0.15) is 0 Å². The highest BCUT2D eigenvalue weighted by molar-refractivity contribution is 6.10. The molecule has 0 saturated carbocycles. The Hall–Kier alpha value is -10.0. The molecule has 0 saturated heterocycles. The van der Waals surface area contributed by atoms with Gasteiger partial charge in [-0.1, -0.05) is 218 Å². The van der Waals surface area contributed by atoms with Crippen LogP contribution in [0.2, 0.25) is 0 Å². The number of rotatable bonds is 12. The summed E-state index contributed by atoms with van der Waals surface area (Å²) in [5.74, 6) is 0. The van der Waals surface area contributed by atoms with Crippen molar-refractivity contribution in [1.29, 1.82) is 0 Å². The number of anilines is 6. The molecule has 0 N–H and O–H groups in total. The lowest BCUT2D eigenvalue weighted by Gasteiger charge is -2.35. The highest BCUT2D eigenvalue weighted by atomic mass is 15.1. The Bertz CT molecular complexity index is 4330. The van der Waals surface area contributed by atoms with E-state index in [-0.39, 0.29) is 10.8 Å². The molecule has 0 radical (unpaired) electrons. The fourth-order valence-electron chi connectivity index (χ4n) is 15.3. The monoisotopic (exact) mass is 1070 g/mol. The van der Waals surface area contributed by atoms with Crippen LogP contribution >= 0.6 is 0 Å². The molecule has 0 spiro atoms. The molecular weight excluding hydrogens is 1010 g/mol. The molecule has 398 valence electrons. The van der Waals surface area contributed by atoms with Gasteiger partial charge in [0.25, 0.3) is 0 Å². The molecule has 17 rings (SSSR count). The molecule has 0 atom stereocenters. The summed E-state index contributed by atoms with van der Waals surface area (Å²) in [6.45, 7) is 0. The summed E-state index contributed by atoms with van der Waals surface area (Å²) in [7, 11) is 0. The number of nitrogens with zero attached hydrogens (tertiary/aromatic N) is 2. The van der Waals surface area contributed by atoms with Gasteiger partial charge in [0, 0.05) is 34.1 Å². The average molecular weight is 1070 g/mol. The first-order valence-electron chi connectivity index (χ1n) is 30.1. The van der Waals surface area contributed by atoms with Gasteiger partial charge in [-0.15, -0.1) is 0 Å². The van der Waals surface area contributed by atoms with Crippen molar-refractivity contribution >= 4 is 55.7 Å². The van der Waals surface area contributed by atoms with E-state index in [2.05, 4.69) is 301 Å². The predicted molar refractivity (Wildman–Crippen MR) is 349 cm³/mol. The third kappa shape index (κ3) is 7.56. The summed E-state index contributed by atoms with van der Waals surface area (Å²) in [5, 5.41) is 4.87. The van der Waals surface area contributed by atoms with Crippen LogP contribution in [0.25, 0.3) is 43.8 Å². The zero-order chi connectivity index (χ0) is 55.3.